The van der Waals surface area contributed by atoms with Crippen LogP contribution in [0.25, 0.3) is 0 Å². The number of anilines is 1. The first-order valence-electron chi connectivity index (χ1n) is 12.2. The number of fused-ring (bicyclic) bond motifs is 1. The molecule has 33 heavy (non-hydrogen) atoms. The molecule has 3 heterocycles. The van der Waals surface area contributed by atoms with E-state index in [1.807, 2.05) is 32.9 Å². The zero-order valence-electron chi connectivity index (χ0n) is 20.1. The van der Waals surface area contributed by atoms with Gasteiger partial charge in [-0.15, -0.1) is 10.2 Å². The lowest BCUT2D eigenvalue weighted by Gasteiger charge is -2.31. The monoisotopic (exact) mass is 452 g/mol. The van der Waals surface area contributed by atoms with E-state index in [0.717, 1.165) is 67.4 Å². The smallest absolute Gasteiger partial charge is 0.243 e. The van der Waals surface area contributed by atoms with Gasteiger partial charge in [-0.2, -0.15) is 0 Å². The number of nitrogens with one attached hydrogen (secondary N) is 2. The van der Waals surface area contributed by atoms with Crippen LogP contribution < -0.4 is 10.6 Å². The van der Waals surface area contributed by atoms with E-state index in [1.54, 1.807) is 0 Å². The molecule has 0 spiro atoms. The molecule has 1 atom stereocenters. The van der Waals surface area contributed by atoms with E-state index in [1.165, 1.54) is 24.8 Å². The number of carbonyl (C=O) groups is 2. The van der Waals surface area contributed by atoms with Crippen molar-refractivity contribution in [3.8, 4) is 0 Å². The number of rotatable bonds is 6. The molecular formula is C25H36N6O2. The van der Waals surface area contributed by atoms with E-state index in [0.29, 0.717) is 12.5 Å². The van der Waals surface area contributed by atoms with Crippen LogP contribution in [0, 0.1) is 20.8 Å². The fourth-order valence-corrected chi connectivity index (χ4v) is 5.22. The molecule has 0 aliphatic carbocycles. The first-order valence-corrected chi connectivity index (χ1v) is 12.2. The predicted octanol–water partition coefficient (Wildman–Crippen LogP) is 2.86. The molecule has 0 saturated carbocycles. The van der Waals surface area contributed by atoms with Crippen LogP contribution in [0.15, 0.2) is 12.1 Å². The highest BCUT2D eigenvalue weighted by Crippen LogP contribution is 2.28. The fraction of sp³-hybridized carbons (Fsp3) is 0.600. The van der Waals surface area contributed by atoms with Crippen LogP contribution in [0.4, 0.5) is 5.69 Å². The molecule has 0 bridgehead atoms. The fourth-order valence-electron chi connectivity index (χ4n) is 5.22. The van der Waals surface area contributed by atoms with Crippen molar-refractivity contribution >= 4 is 17.5 Å². The van der Waals surface area contributed by atoms with Gasteiger partial charge in [0.15, 0.2) is 0 Å². The second kappa shape index (κ2) is 10.5. The molecule has 2 N–H and O–H groups in total. The van der Waals surface area contributed by atoms with E-state index in [-0.39, 0.29) is 18.4 Å². The van der Waals surface area contributed by atoms with Crippen LogP contribution >= 0.6 is 0 Å². The van der Waals surface area contributed by atoms with Crippen molar-refractivity contribution in [3.05, 3.63) is 40.5 Å². The quantitative estimate of drug-likeness (QED) is 0.703. The summed E-state index contributed by atoms with van der Waals surface area (Å²) in [5, 5.41) is 14.7. The molecule has 8 nitrogen and oxygen atoms in total. The number of benzene rings is 1. The summed E-state index contributed by atoms with van der Waals surface area (Å²) in [6.45, 7) is 8.97. The van der Waals surface area contributed by atoms with E-state index >= 15 is 0 Å². The van der Waals surface area contributed by atoms with Gasteiger partial charge in [-0.3, -0.25) is 14.5 Å². The summed E-state index contributed by atoms with van der Waals surface area (Å²) in [6.07, 6.45) is 6.73. The molecule has 2 amide bonds. The van der Waals surface area contributed by atoms with Gasteiger partial charge in [-0.1, -0.05) is 24.1 Å². The van der Waals surface area contributed by atoms with Gasteiger partial charge >= 0.3 is 0 Å². The van der Waals surface area contributed by atoms with Crippen molar-refractivity contribution in [1.82, 2.24) is 25.0 Å². The minimum atomic E-state index is -0.207. The molecule has 8 heteroatoms. The molecule has 2 aromatic rings. The zero-order chi connectivity index (χ0) is 23.4. The van der Waals surface area contributed by atoms with Crippen LogP contribution in [0.2, 0.25) is 0 Å². The number of nitrogens with zero attached hydrogens (tertiary/aromatic N) is 4. The third-order valence-electron chi connectivity index (χ3n) is 6.76. The number of hydrogen-bond donors (Lipinski definition) is 2. The number of aromatic nitrogens is 3. The number of aryl methyl sites for hydroxylation is 4. The highest BCUT2D eigenvalue weighted by Gasteiger charge is 2.28. The molecule has 1 saturated heterocycles. The third-order valence-corrected chi connectivity index (χ3v) is 6.76. The van der Waals surface area contributed by atoms with Crippen LogP contribution in [0.3, 0.4) is 0 Å². The van der Waals surface area contributed by atoms with Crippen LogP contribution in [0.5, 0.6) is 0 Å². The van der Waals surface area contributed by atoms with Crippen LogP contribution in [-0.2, 0) is 22.6 Å². The van der Waals surface area contributed by atoms with Gasteiger partial charge in [0.1, 0.15) is 11.6 Å². The average molecular weight is 453 g/mol. The van der Waals surface area contributed by atoms with Crippen molar-refractivity contribution in [2.24, 2.45) is 0 Å². The van der Waals surface area contributed by atoms with Crippen molar-refractivity contribution < 1.29 is 9.59 Å². The number of amides is 2. The zero-order valence-corrected chi connectivity index (χ0v) is 20.1. The van der Waals surface area contributed by atoms with E-state index in [9.17, 15) is 9.59 Å². The number of hydrogen-bond acceptors (Lipinski definition) is 5. The van der Waals surface area contributed by atoms with Crippen molar-refractivity contribution in [2.75, 3.05) is 31.5 Å². The molecule has 0 unspecified atom stereocenters. The molecular weight excluding hydrogens is 416 g/mol. The average Bonchev–Trinajstić information content (AvgIpc) is 3.03. The minimum Gasteiger partial charge on any atom is -0.346 e. The van der Waals surface area contributed by atoms with Gasteiger partial charge in [-0.05, 0) is 64.1 Å². The molecule has 178 valence electrons. The summed E-state index contributed by atoms with van der Waals surface area (Å²) in [5.41, 5.74) is 4.04. The maximum absolute atomic E-state index is 12.6. The predicted molar refractivity (Wildman–Crippen MR) is 128 cm³/mol. The summed E-state index contributed by atoms with van der Waals surface area (Å²) in [4.78, 5) is 27.1. The van der Waals surface area contributed by atoms with Crippen molar-refractivity contribution in [1.29, 1.82) is 0 Å². The molecule has 4 rings (SSSR count). The lowest BCUT2D eigenvalue weighted by Crippen LogP contribution is -2.44. The molecule has 0 radical (unpaired) electrons. The van der Waals surface area contributed by atoms with Crippen LogP contribution in [0.1, 0.15) is 66.4 Å². The summed E-state index contributed by atoms with van der Waals surface area (Å²) in [5.74, 6) is 2.17. The standard InChI is InChI=1S/C25H36N6O2/c1-17-12-18(2)24(19(3)13-17)27-22(32)14-26-23(33)16-30-10-7-8-20(15-30)25-29-28-21-9-5-4-6-11-31(21)25/h12-13,20H,4-11,14-16H2,1-3H3,(H,26,33)(H,27,32)/t20-/m0/s1. The number of likely N-dealkylation sites (tertiary alicyclic amines) is 1. The van der Waals surface area contributed by atoms with Gasteiger partial charge < -0.3 is 15.2 Å². The van der Waals surface area contributed by atoms with Crippen molar-refractivity contribution in [3.63, 3.8) is 0 Å². The van der Waals surface area contributed by atoms with Crippen molar-refractivity contribution in [2.45, 2.75) is 71.8 Å². The summed E-state index contributed by atoms with van der Waals surface area (Å²) >= 11 is 0. The lowest BCUT2D eigenvalue weighted by atomic mass is 9.97. The van der Waals surface area contributed by atoms with Gasteiger partial charge in [0.25, 0.3) is 0 Å². The van der Waals surface area contributed by atoms with Gasteiger partial charge in [0.05, 0.1) is 13.1 Å². The Hall–Kier alpha value is -2.74. The highest BCUT2D eigenvalue weighted by atomic mass is 16.2. The molecule has 2 aliphatic heterocycles. The van der Waals surface area contributed by atoms with Crippen LogP contribution in [-0.4, -0.2) is 57.7 Å². The SMILES string of the molecule is Cc1cc(C)c(NC(=O)CNC(=O)CN2CCC[C@H](c3nnc4n3CCCCC4)C2)c(C)c1. The van der Waals surface area contributed by atoms with E-state index in [2.05, 4.69) is 30.3 Å². The Bertz CT molecular complexity index is 991. The number of carbonyl (C=O) groups excluding carboxylic acids is 2. The normalized spacial score (nSPS) is 18.9. The Labute approximate surface area is 196 Å². The van der Waals surface area contributed by atoms with Gasteiger partial charge in [0, 0.05) is 31.1 Å². The maximum Gasteiger partial charge on any atom is 0.243 e. The summed E-state index contributed by atoms with van der Waals surface area (Å²) in [7, 11) is 0. The first kappa shape index (κ1) is 23.4. The van der Waals surface area contributed by atoms with E-state index in [4.69, 9.17) is 0 Å². The Kier molecular flexibility index (Phi) is 7.42. The highest BCUT2D eigenvalue weighted by molar-refractivity contribution is 5.96. The Morgan fingerprint density at radius 3 is 2.58 bits per heavy atom. The molecule has 1 aromatic heterocycles. The van der Waals surface area contributed by atoms with Gasteiger partial charge in [-0.25, -0.2) is 0 Å². The molecule has 1 aromatic carbocycles. The topological polar surface area (TPSA) is 92.2 Å². The van der Waals surface area contributed by atoms with E-state index < -0.39 is 0 Å². The summed E-state index contributed by atoms with van der Waals surface area (Å²) in [6, 6.07) is 4.09. The lowest BCUT2D eigenvalue weighted by molar-refractivity contribution is -0.125. The molecule has 1 fully saturated rings. The largest absolute Gasteiger partial charge is 0.346 e. The maximum atomic E-state index is 12.6. The Morgan fingerprint density at radius 2 is 1.79 bits per heavy atom. The summed E-state index contributed by atoms with van der Waals surface area (Å²) < 4.78 is 2.32. The van der Waals surface area contributed by atoms with Gasteiger partial charge in [0.2, 0.25) is 11.8 Å². The third kappa shape index (κ3) is 5.79. The number of piperidine rings is 1. The second-order valence-electron chi connectivity index (χ2n) is 9.61. The Balaban J connectivity index is 1.28. The molecule has 2 aliphatic rings. The minimum absolute atomic E-state index is 0.0272. The second-order valence-corrected chi connectivity index (χ2v) is 9.61. The Morgan fingerprint density at radius 1 is 1.00 bits per heavy atom. The first-order chi connectivity index (χ1) is 15.9.